The molecule has 0 aliphatic carbocycles. The Bertz CT molecular complexity index is 703. The van der Waals surface area contributed by atoms with Gasteiger partial charge in [0, 0.05) is 38.0 Å². The summed E-state index contributed by atoms with van der Waals surface area (Å²) in [5.74, 6) is 2.53. The van der Waals surface area contributed by atoms with Gasteiger partial charge in [0.15, 0.2) is 17.5 Å². The molecule has 0 saturated carbocycles. The largest absolute Gasteiger partial charge is 0.493 e. The van der Waals surface area contributed by atoms with Crippen LogP contribution in [-0.4, -0.2) is 63.7 Å². The van der Waals surface area contributed by atoms with Crippen molar-refractivity contribution in [2.75, 3.05) is 46.9 Å². The third kappa shape index (κ3) is 6.54. The molecular formula is C22H36N4O3. The highest BCUT2D eigenvalue weighted by Crippen LogP contribution is 2.33. The summed E-state index contributed by atoms with van der Waals surface area (Å²) in [5.41, 5.74) is 0.978. The first kappa shape index (κ1) is 22.8. The molecule has 1 aromatic carbocycles. The summed E-state index contributed by atoms with van der Waals surface area (Å²) in [6, 6.07) is 6.01. The van der Waals surface area contributed by atoms with Crippen LogP contribution in [0.1, 0.15) is 45.6 Å². The normalized spacial score (nSPS) is 14.9. The maximum absolute atomic E-state index is 11.7. The summed E-state index contributed by atoms with van der Waals surface area (Å²) in [7, 11) is 3.29. The van der Waals surface area contributed by atoms with Crippen LogP contribution in [0.5, 0.6) is 11.5 Å². The van der Waals surface area contributed by atoms with Crippen LogP contribution in [0.4, 0.5) is 0 Å². The number of benzene rings is 1. The molecule has 0 unspecified atom stereocenters. The van der Waals surface area contributed by atoms with E-state index in [0.29, 0.717) is 13.0 Å². The fourth-order valence-corrected chi connectivity index (χ4v) is 3.38. The van der Waals surface area contributed by atoms with Crippen molar-refractivity contribution in [3.63, 3.8) is 0 Å². The highest BCUT2D eigenvalue weighted by atomic mass is 16.5. The van der Waals surface area contributed by atoms with Crippen LogP contribution < -0.4 is 20.1 Å². The summed E-state index contributed by atoms with van der Waals surface area (Å²) in [4.78, 5) is 18.4. The number of hydrogen-bond acceptors (Lipinski definition) is 4. The van der Waals surface area contributed by atoms with E-state index in [2.05, 4.69) is 37.5 Å². The number of ether oxygens (including phenoxy) is 2. The van der Waals surface area contributed by atoms with Gasteiger partial charge in [-0.15, -0.1) is 0 Å². The standard InChI is InChI=1S/C22H36N4O3/c1-6-23-21(24-12-8-14-26-13-7-9-20(26)27)25-16-22(2,3)17-10-11-18(28-4)19(15-17)29-5/h10-11,15H,6-9,12-14,16H2,1-5H3,(H2,23,24,25). The molecule has 29 heavy (non-hydrogen) atoms. The maximum atomic E-state index is 11.7. The zero-order valence-corrected chi connectivity index (χ0v) is 18.5. The number of aliphatic imine (C=N–C) groups is 1. The van der Waals surface area contributed by atoms with E-state index in [1.165, 1.54) is 0 Å². The van der Waals surface area contributed by atoms with Gasteiger partial charge in [-0.25, -0.2) is 0 Å². The predicted molar refractivity (Wildman–Crippen MR) is 117 cm³/mol. The molecule has 0 spiro atoms. The summed E-state index contributed by atoms with van der Waals surface area (Å²) in [6.45, 7) is 10.3. The number of hydrogen-bond donors (Lipinski definition) is 2. The van der Waals surface area contributed by atoms with Crippen LogP contribution in [-0.2, 0) is 10.2 Å². The van der Waals surface area contributed by atoms with E-state index in [4.69, 9.17) is 14.5 Å². The summed E-state index contributed by atoms with van der Waals surface area (Å²) in [5, 5.41) is 6.68. The molecule has 2 rings (SSSR count). The minimum atomic E-state index is -0.163. The first-order valence-electron chi connectivity index (χ1n) is 10.4. The van der Waals surface area contributed by atoms with Gasteiger partial charge in [-0.05, 0) is 37.5 Å². The minimum Gasteiger partial charge on any atom is -0.493 e. The van der Waals surface area contributed by atoms with Crippen LogP contribution in [0.25, 0.3) is 0 Å². The van der Waals surface area contributed by atoms with Gasteiger partial charge in [-0.1, -0.05) is 19.9 Å². The topological polar surface area (TPSA) is 75.2 Å². The second kappa shape index (κ2) is 10.9. The van der Waals surface area contributed by atoms with E-state index in [0.717, 1.165) is 62.0 Å². The van der Waals surface area contributed by atoms with Crippen LogP contribution >= 0.6 is 0 Å². The van der Waals surface area contributed by atoms with Gasteiger partial charge < -0.3 is 25.0 Å². The Balaban J connectivity index is 1.94. The van der Waals surface area contributed by atoms with Crippen LogP contribution in [0.2, 0.25) is 0 Å². The second-order valence-corrected chi connectivity index (χ2v) is 7.91. The lowest BCUT2D eigenvalue weighted by Crippen LogP contribution is -2.40. The quantitative estimate of drug-likeness (QED) is 0.356. The molecule has 162 valence electrons. The fourth-order valence-electron chi connectivity index (χ4n) is 3.38. The molecule has 1 amide bonds. The molecule has 1 aromatic rings. The van der Waals surface area contributed by atoms with Crippen molar-refractivity contribution in [1.82, 2.24) is 15.5 Å². The van der Waals surface area contributed by atoms with Crippen LogP contribution in [0.15, 0.2) is 23.2 Å². The number of carbonyl (C=O) groups is 1. The van der Waals surface area contributed by atoms with Crippen molar-refractivity contribution in [2.24, 2.45) is 4.99 Å². The Hall–Kier alpha value is -2.44. The van der Waals surface area contributed by atoms with Crippen molar-refractivity contribution in [3.05, 3.63) is 23.8 Å². The van der Waals surface area contributed by atoms with Gasteiger partial charge in [0.05, 0.1) is 20.8 Å². The van der Waals surface area contributed by atoms with Gasteiger partial charge in [0.1, 0.15) is 0 Å². The molecule has 7 nitrogen and oxygen atoms in total. The lowest BCUT2D eigenvalue weighted by atomic mass is 9.84. The zero-order valence-electron chi connectivity index (χ0n) is 18.5. The number of likely N-dealkylation sites (tertiary alicyclic amines) is 1. The van der Waals surface area contributed by atoms with E-state index >= 15 is 0 Å². The Morgan fingerprint density at radius 2 is 1.97 bits per heavy atom. The molecule has 0 atom stereocenters. The molecule has 2 N–H and O–H groups in total. The fraction of sp³-hybridized carbons (Fsp3) is 0.636. The number of methoxy groups -OCH3 is 2. The average molecular weight is 405 g/mol. The van der Waals surface area contributed by atoms with Crippen molar-refractivity contribution < 1.29 is 14.3 Å². The Labute approximate surface area is 174 Å². The number of rotatable bonds is 10. The Kier molecular flexibility index (Phi) is 8.61. The van der Waals surface area contributed by atoms with E-state index < -0.39 is 0 Å². The Morgan fingerprint density at radius 3 is 2.59 bits per heavy atom. The molecule has 7 heteroatoms. The monoisotopic (exact) mass is 404 g/mol. The smallest absolute Gasteiger partial charge is 0.222 e. The SMILES string of the molecule is CCNC(=NCC(C)(C)c1ccc(OC)c(OC)c1)NCCCN1CCCC1=O. The van der Waals surface area contributed by atoms with Gasteiger partial charge in [0.25, 0.3) is 0 Å². The molecule has 0 radical (unpaired) electrons. The number of guanidine groups is 1. The molecule has 0 bridgehead atoms. The van der Waals surface area contributed by atoms with E-state index in [1.54, 1.807) is 14.2 Å². The second-order valence-electron chi connectivity index (χ2n) is 7.91. The van der Waals surface area contributed by atoms with Crippen molar-refractivity contribution in [1.29, 1.82) is 0 Å². The molecule has 1 saturated heterocycles. The maximum Gasteiger partial charge on any atom is 0.222 e. The lowest BCUT2D eigenvalue weighted by molar-refractivity contribution is -0.127. The first-order valence-corrected chi connectivity index (χ1v) is 10.4. The number of amides is 1. The number of carbonyl (C=O) groups excluding carboxylic acids is 1. The van der Waals surface area contributed by atoms with Gasteiger partial charge in [-0.2, -0.15) is 0 Å². The van der Waals surface area contributed by atoms with E-state index in [-0.39, 0.29) is 11.3 Å². The van der Waals surface area contributed by atoms with E-state index in [9.17, 15) is 4.79 Å². The van der Waals surface area contributed by atoms with Gasteiger partial charge >= 0.3 is 0 Å². The number of nitrogens with zero attached hydrogens (tertiary/aromatic N) is 2. The number of nitrogens with one attached hydrogen (secondary N) is 2. The van der Waals surface area contributed by atoms with Crippen LogP contribution in [0.3, 0.4) is 0 Å². The minimum absolute atomic E-state index is 0.163. The first-order chi connectivity index (χ1) is 13.9. The summed E-state index contributed by atoms with van der Waals surface area (Å²) < 4.78 is 10.8. The van der Waals surface area contributed by atoms with Gasteiger partial charge in [-0.3, -0.25) is 9.79 Å². The highest BCUT2D eigenvalue weighted by molar-refractivity contribution is 5.80. The molecule has 1 aliphatic rings. The van der Waals surface area contributed by atoms with E-state index in [1.807, 2.05) is 17.0 Å². The van der Waals surface area contributed by atoms with Gasteiger partial charge in [0.2, 0.25) is 5.91 Å². The summed E-state index contributed by atoms with van der Waals surface area (Å²) in [6.07, 6.45) is 2.60. The molecule has 1 aliphatic heterocycles. The van der Waals surface area contributed by atoms with Crippen LogP contribution in [0, 0.1) is 0 Å². The van der Waals surface area contributed by atoms with Crippen molar-refractivity contribution in [2.45, 2.75) is 45.4 Å². The molecule has 1 heterocycles. The van der Waals surface area contributed by atoms with Crippen molar-refractivity contribution >= 4 is 11.9 Å². The lowest BCUT2D eigenvalue weighted by Gasteiger charge is -2.25. The Morgan fingerprint density at radius 1 is 1.21 bits per heavy atom. The highest BCUT2D eigenvalue weighted by Gasteiger charge is 2.22. The average Bonchev–Trinajstić information content (AvgIpc) is 3.13. The third-order valence-electron chi connectivity index (χ3n) is 5.21. The van der Waals surface area contributed by atoms with Crippen molar-refractivity contribution in [3.8, 4) is 11.5 Å². The predicted octanol–water partition coefficient (Wildman–Crippen LogP) is 2.55. The third-order valence-corrected chi connectivity index (χ3v) is 5.21. The molecular weight excluding hydrogens is 368 g/mol. The molecule has 1 fully saturated rings. The summed E-state index contributed by atoms with van der Waals surface area (Å²) >= 11 is 0. The zero-order chi connectivity index (χ0) is 21.3. The molecule has 0 aromatic heterocycles.